The van der Waals surface area contributed by atoms with Gasteiger partial charge in [-0.1, -0.05) is 11.6 Å². The molecule has 0 aliphatic carbocycles. The Bertz CT molecular complexity index is 1690. The summed E-state index contributed by atoms with van der Waals surface area (Å²) in [6.45, 7) is 9.00. The molecule has 0 saturated carbocycles. The van der Waals surface area contributed by atoms with Crippen LogP contribution in [0.15, 0.2) is 48.7 Å². The minimum absolute atomic E-state index is 0.0912. The summed E-state index contributed by atoms with van der Waals surface area (Å²) in [5, 5.41) is 7.92. The number of ether oxygens (including phenoxy) is 4. The van der Waals surface area contributed by atoms with Crippen LogP contribution in [0.1, 0.15) is 62.5 Å². The third-order valence-corrected chi connectivity index (χ3v) is 7.74. The molecule has 0 bridgehead atoms. The molecule has 45 heavy (non-hydrogen) atoms. The summed E-state index contributed by atoms with van der Waals surface area (Å²) in [6, 6.07) is 12.8. The second kappa shape index (κ2) is 13.2. The highest BCUT2D eigenvalue weighted by Gasteiger charge is 2.31. The fourth-order valence-corrected chi connectivity index (χ4v) is 5.50. The Balaban J connectivity index is 1.50. The van der Waals surface area contributed by atoms with Crippen molar-refractivity contribution in [3.05, 3.63) is 64.9 Å². The molecule has 11 nitrogen and oxygen atoms in total. The first-order valence-electron chi connectivity index (χ1n) is 14.8. The van der Waals surface area contributed by atoms with Crippen LogP contribution in [0.25, 0.3) is 16.9 Å². The van der Waals surface area contributed by atoms with Gasteiger partial charge in [0, 0.05) is 49.0 Å². The van der Waals surface area contributed by atoms with Crippen molar-refractivity contribution >= 4 is 34.9 Å². The van der Waals surface area contributed by atoms with Crippen LogP contribution in [0.4, 0.5) is 10.5 Å². The van der Waals surface area contributed by atoms with Crippen molar-refractivity contribution in [2.75, 3.05) is 39.2 Å². The van der Waals surface area contributed by atoms with Gasteiger partial charge < -0.3 is 29.2 Å². The zero-order valence-electron chi connectivity index (χ0n) is 26.3. The number of rotatable bonds is 8. The normalized spacial score (nSPS) is 13.9. The molecule has 1 saturated heterocycles. The van der Waals surface area contributed by atoms with Crippen LogP contribution in [0.2, 0.25) is 5.02 Å². The number of fused-ring (bicyclic) bond motifs is 1. The van der Waals surface area contributed by atoms with E-state index in [4.69, 9.17) is 40.6 Å². The van der Waals surface area contributed by atoms with E-state index in [2.05, 4.69) is 5.32 Å². The summed E-state index contributed by atoms with van der Waals surface area (Å²) >= 11 is 6.53. The van der Waals surface area contributed by atoms with Gasteiger partial charge in [0.1, 0.15) is 28.5 Å². The van der Waals surface area contributed by atoms with E-state index >= 15 is 0 Å². The van der Waals surface area contributed by atoms with Crippen molar-refractivity contribution in [3.63, 3.8) is 0 Å². The fraction of sp³-hybridized carbons (Fsp3) is 0.394. The van der Waals surface area contributed by atoms with Crippen LogP contribution in [-0.4, -0.2) is 71.0 Å². The van der Waals surface area contributed by atoms with E-state index in [1.165, 1.54) is 14.2 Å². The maximum atomic E-state index is 14.0. The van der Waals surface area contributed by atoms with Gasteiger partial charge in [-0.2, -0.15) is 5.10 Å². The van der Waals surface area contributed by atoms with E-state index in [1.54, 1.807) is 27.7 Å². The Morgan fingerprint density at radius 1 is 1.02 bits per heavy atom. The number of methoxy groups -OCH3 is 2. The number of likely N-dealkylation sites (tertiary alicyclic amines) is 1. The monoisotopic (exact) mass is 635 g/mol. The van der Waals surface area contributed by atoms with Gasteiger partial charge in [-0.05, 0) is 64.8 Å². The van der Waals surface area contributed by atoms with Crippen LogP contribution < -0.4 is 19.5 Å². The maximum Gasteiger partial charge on any atom is 0.410 e. The molecule has 0 spiro atoms. The van der Waals surface area contributed by atoms with Crippen molar-refractivity contribution < 1.29 is 28.5 Å². The lowest BCUT2D eigenvalue weighted by Crippen LogP contribution is -2.41. The molecule has 4 aromatic rings. The highest BCUT2D eigenvalue weighted by Crippen LogP contribution is 2.38. The first-order chi connectivity index (χ1) is 21.5. The molecule has 238 valence electrons. The number of carbonyl (C=O) groups excluding carboxylic acids is 2. The van der Waals surface area contributed by atoms with E-state index in [0.717, 1.165) is 11.3 Å². The number of hydrogen-bond donors (Lipinski definition) is 1. The molecule has 2 aromatic carbocycles. The number of amides is 2. The number of aromatic nitrogens is 3. The molecule has 3 heterocycles. The third-order valence-electron chi connectivity index (χ3n) is 7.44. The lowest BCUT2D eigenvalue weighted by Gasteiger charge is -2.33. The van der Waals surface area contributed by atoms with E-state index in [-0.39, 0.29) is 17.0 Å². The summed E-state index contributed by atoms with van der Waals surface area (Å²) in [5.41, 5.74) is 2.87. The lowest BCUT2D eigenvalue weighted by molar-refractivity contribution is 0.0203. The molecule has 2 amide bonds. The predicted molar refractivity (Wildman–Crippen MR) is 172 cm³/mol. The first-order valence-corrected chi connectivity index (χ1v) is 15.2. The van der Waals surface area contributed by atoms with Crippen LogP contribution in [0.3, 0.4) is 0 Å². The van der Waals surface area contributed by atoms with E-state index < -0.39 is 11.5 Å². The highest BCUT2D eigenvalue weighted by molar-refractivity contribution is 6.34. The Kier molecular flexibility index (Phi) is 9.38. The number of nitrogens with zero attached hydrogens (tertiary/aromatic N) is 4. The average molecular weight is 636 g/mol. The summed E-state index contributed by atoms with van der Waals surface area (Å²) < 4.78 is 23.5. The molecule has 0 unspecified atom stereocenters. The Labute approximate surface area is 267 Å². The van der Waals surface area contributed by atoms with Gasteiger partial charge in [0.05, 0.1) is 42.8 Å². The van der Waals surface area contributed by atoms with Crippen LogP contribution >= 0.6 is 11.6 Å². The zero-order chi connectivity index (χ0) is 32.3. The highest BCUT2D eigenvalue weighted by atomic mass is 35.5. The van der Waals surface area contributed by atoms with Crippen molar-refractivity contribution in [2.45, 2.75) is 52.1 Å². The first kappa shape index (κ1) is 31.9. The second-order valence-corrected chi connectivity index (χ2v) is 12.1. The topological polar surface area (TPSA) is 117 Å². The average Bonchev–Trinajstić information content (AvgIpc) is 3.44. The molecule has 1 aliphatic rings. The quantitative estimate of drug-likeness (QED) is 0.224. The molecule has 0 atom stereocenters. The second-order valence-electron chi connectivity index (χ2n) is 11.7. The number of anilines is 1. The minimum Gasteiger partial charge on any atom is -0.497 e. The number of hydrogen-bond acceptors (Lipinski definition) is 8. The molecule has 1 N–H and O–H groups in total. The number of piperidine rings is 1. The summed E-state index contributed by atoms with van der Waals surface area (Å²) in [7, 11) is 3.01. The molecular weight excluding hydrogens is 598 g/mol. The molecule has 2 aromatic heterocycles. The Morgan fingerprint density at radius 3 is 2.36 bits per heavy atom. The molecule has 12 heteroatoms. The molecule has 1 aliphatic heterocycles. The smallest absolute Gasteiger partial charge is 0.410 e. The minimum atomic E-state index is -0.585. The predicted octanol–water partition coefficient (Wildman–Crippen LogP) is 6.83. The molecular formula is C33H38ClN5O6. The van der Waals surface area contributed by atoms with Gasteiger partial charge >= 0.3 is 6.09 Å². The van der Waals surface area contributed by atoms with Gasteiger partial charge in [-0.25, -0.2) is 14.3 Å². The summed E-state index contributed by atoms with van der Waals surface area (Å²) in [4.78, 5) is 33.4. The van der Waals surface area contributed by atoms with Crippen molar-refractivity contribution in [1.29, 1.82) is 0 Å². The largest absolute Gasteiger partial charge is 0.497 e. The number of nitrogens with one attached hydrogen (secondary N) is 1. The number of benzene rings is 2. The third kappa shape index (κ3) is 7.25. The summed E-state index contributed by atoms with van der Waals surface area (Å²) in [5.74, 6) is 1.11. The molecule has 0 radical (unpaired) electrons. The molecule has 1 fully saturated rings. The Morgan fingerprint density at radius 2 is 1.73 bits per heavy atom. The van der Waals surface area contributed by atoms with Gasteiger partial charge in [0.25, 0.3) is 5.91 Å². The zero-order valence-corrected chi connectivity index (χ0v) is 27.1. The summed E-state index contributed by atoms with van der Waals surface area (Å²) in [6.07, 6.45) is 2.55. The van der Waals surface area contributed by atoms with Crippen molar-refractivity contribution in [1.82, 2.24) is 19.5 Å². The lowest BCUT2D eigenvalue weighted by atomic mass is 9.90. The molecule has 5 rings (SSSR count). The van der Waals surface area contributed by atoms with E-state index in [1.807, 2.05) is 58.0 Å². The van der Waals surface area contributed by atoms with Gasteiger partial charge in [0.15, 0.2) is 5.65 Å². The van der Waals surface area contributed by atoms with Gasteiger partial charge in [-0.3, -0.25) is 4.79 Å². The van der Waals surface area contributed by atoms with E-state index in [0.29, 0.717) is 72.3 Å². The van der Waals surface area contributed by atoms with Gasteiger partial charge in [-0.15, -0.1) is 0 Å². The van der Waals surface area contributed by atoms with Gasteiger partial charge in [0.2, 0.25) is 0 Å². The van der Waals surface area contributed by atoms with Crippen LogP contribution in [0.5, 0.6) is 17.2 Å². The van der Waals surface area contributed by atoms with Crippen LogP contribution in [-0.2, 0) is 4.74 Å². The number of halogens is 1. The van der Waals surface area contributed by atoms with Crippen molar-refractivity contribution in [3.8, 4) is 28.5 Å². The Hall–Kier alpha value is -4.51. The SMILES string of the molecule is CCOc1ccc(-c2cc3nc(C4CCN(C(=O)OC(C)(C)C)CC4)c(C(=O)Nc4c(Cl)cc(OC)cc4OC)cn3n2)cc1. The van der Waals surface area contributed by atoms with E-state index in [9.17, 15) is 9.59 Å². The fourth-order valence-electron chi connectivity index (χ4n) is 5.25. The number of carbonyl (C=O) groups is 2. The van der Waals surface area contributed by atoms with Crippen molar-refractivity contribution in [2.24, 2.45) is 0 Å². The standard InChI is InChI=1S/C33H38ClN5O6/c1-7-44-22-10-8-20(9-11-22)26-18-28-35-29(21-12-14-38(15-13-21)32(41)45-33(2,3)4)24(19-39(28)37-26)31(40)36-30-25(34)16-23(42-5)17-27(30)43-6/h8-11,16-19,21H,7,12-15H2,1-6H3,(H,36,40). The van der Waals surface area contributed by atoms with Crippen LogP contribution in [0, 0.1) is 0 Å². The maximum absolute atomic E-state index is 14.0.